The van der Waals surface area contributed by atoms with Crippen molar-refractivity contribution in [3.05, 3.63) is 229 Å². The van der Waals surface area contributed by atoms with E-state index in [-0.39, 0.29) is 0 Å². The van der Waals surface area contributed by atoms with Gasteiger partial charge in [-0.25, -0.2) is 0 Å². The molecule has 1 heteroatoms. The summed E-state index contributed by atoms with van der Waals surface area (Å²) in [6.45, 7) is 0. The first-order valence-electron chi connectivity index (χ1n) is 18.7. The summed E-state index contributed by atoms with van der Waals surface area (Å²) in [7, 11) is 0. The molecule has 0 nitrogen and oxygen atoms in total. The van der Waals surface area contributed by atoms with Crippen molar-refractivity contribution < 1.29 is 0 Å². The van der Waals surface area contributed by atoms with E-state index in [4.69, 9.17) is 0 Å². The van der Waals surface area contributed by atoms with Crippen LogP contribution in [0.5, 0.6) is 0 Å². The molecule has 0 radical (unpaired) electrons. The van der Waals surface area contributed by atoms with Gasteiger partial charge in [-0.1, -0.05) is 210 Å². The fourth-order valence-corrected chi connectivity index (χ4v) is 8.16. The van der Waals surface area contributed by atoms with Crippen LogP contribution in [-0.4, -0.2) is 0 Å². The molecule has 0 amide bonds. The van der Waals surface area contributed by atoms with E-state index < -0.39 is 0 Å². The molecule has 0 N–H and O–H groups in total. The van der Waals surface area contributed by atoms with E-state index in [1.165, 1.54) is 88.0 Å². The molecule has 10 rings (SSSR count). The van der Waals surface area contributed by atoms with Gasteiger partial charge in [-0.05, 0) is 118 Å². The maximum absolute atomic E-state index is 3.46. The number of halogens is 1. The van der Waals surface area contributed by atoms with Gasteiger partial charge in [0, 0.05) is 4.47 Å². The number of benzene rings is 10. The highest BCUT2D eigenvalue weighted by atomic mass is 79.9. The molecule has 0 fully saturated rings. The lowest BCUT2D eigenvalue weighted by Crippen LogP contribution is -1.91. The lowest BCUT2D eigenvalue weighted by molar-refractivity contribution is 1.58. The van der Waals surface area contributed by atoms with Crippen molar-refractivity contribution in [2.24, 2.45) is 0 Å². The van der Waals surface area contributed by atoms with Crippen LogP contribution in [0.15, 0.2) is 229 Å². The molecule has 0 saturated carbocycles. The van der Waals surface area contributed by atoms with Crippen molar-refractivity contribution in [3.63, 3.8) is 0 Å². The van der Waals surface area contributed by atoms with Crippen LogP contribution in [-0.2, 0) is 0 Å². The minimum Gasteiger partial charge on any atom is -0.0622 e. The molecule has 0 aliphatic rings. The van der Waals surface area contributed by atoms with Crippen molar-refractivity contribution in [1.82, 2.24) is 0 Å². The Morgan fingerprint density at radius 2 is 0.582 bits per heavy atom. The van der Waals surface area contributed by atoms with Gasteiger partial charge in [0.2, 0.25) is 0 Å². The standard InChI is InChI=1S/C42H28.C12H9Br/c1-2-12-29(13-3-1)32-16-10-17-33(26-32)34-18-11-19-35(28-34)41-37-20-6-8-22-39(37)42(40-23-9-7-21-38(40)41)36-25-24-30-14-4-5-15-31(30)27-36;13-12-8-4-7-11(9-12)10-5-2-1-3-6-10/h1-28H;1-9H. The molecule has 0 aliphatic heterocycles. The van der Waals surface area contributed by atoms with E-state index in [9.17, 15) is 0 Å². The van der Waals surface area contributed by atoms with Gasteiger partial charge >= 0.3 is 0 Å². The molecular weight excluding hydrogens is 728 g/mol. The minimum absolute atomic E-state index is 1.12. The smallest absolute Gasteiger partial charge is 0.0181 e. The van der Waals surface area contributed by atoms with Crippen molar-refractivity contribution in [2.45, 2.75) is 0 Å². The van der Waals surface area contributed by atoms with E-state index in [1.54, 1.807) is 0 Å². The third-order valence-corrected chi connectivity index (χ3v) is 10.8. The largest absolute Gasteiger partial charge is 0.0622 e. The molecule has 0 unspecified atom stereocenters. The zero-order valence-corrected chi connectivity index (χ0v) is 31.8. The maximum atomic E-state index is 3.46. The highest BCUT2D eigenvalue weighted by Gasteiger charge is 2.17. The summed E-state index contributed by atoms with van der Waals surface area (Å²) < 4.78 is 1.12. The van der Waals surface area contributed by atoms with Gasteiger partial charge in [0.25, 0.3) is 0 Å². The van der Waals surface area contributed by atoms with Crippen LogP contribution in [0.1, 0.15) is 0 Å². The van der Waals surface area contributed by atoms with Crippen LogP contribution in [0.3, 0.4) is 0 Å². The second-order valence-electron chi connectivity index (χ2n) is 13.8. The summed E-state index contributed by atoms with van der Waals surface area (Å²) in [6, 6.07) is 80.4. The fraction of sp³-hybridized carbons (Fsp3) is 0. The van der Waals surface area contributed by atoms with E-state index >= 15 is 0 Å². The van der Waals surface area contributed by atoms with Crippen LogP contribution in [0, 0.1) is 0 Å². The Hall–Kier alpha value is -6.54. The third kappa shape index (κ3) is 7.11. The van der Waals surface area contributed by atoms with Crippen molar-refractivity contribution in [1.29, 1.82) is 0 Å². The molecule has 10 aromatic rings. The monoisotopic (exact) mass is 764 g/mol. The molecule has 0 saturated heterocycles. The first kappa shape index (κ1) is 34.2. The summed E-state index contributed by atoms with van der Waals surface area (Å²) in [6.07, 6.45) is 0. The van der Waals surface area contributed by atoms with E-state index in [1.807, 2.05) is 18.2 Å². The van der Waals surface area contributed by atoms with Gasteiger partial charge < -0.3 is 0 Å². The predicted octanol–water partition coefficient (Wildman–Crippen LogP) is 15.9. The lowest BCUT2D eigenvalue weighted by atomic mass is 9.85. The average Bonchev–Trinajstić information content (AvgIpc) is 3.26. The van der Waals surface area contributed by atoms with Gasteiger partial charge in [0.1, 0.15) is 0 Å². The number of fused-ring (bicyclic) bond motifs is 3. The van der Waals surface area contributed by atoms with Crippen molar-refractivity contribution in [2.75, 3.05) is 0 Å². The van der Waals surface area contributed by atoms with Crippen LogP contribution in [0.4, 0.5) is 0 Å². The first-order valence-corrected chi connectivity index (χ1v) is 19.5. The summed E-state index contributed by atoms with van der Waals surface area (Å²) in [4.78, 5) is 0. The molecule has 0 atom stereocenters. The van der Waals surface area contributed by atoms with E-state index in [2.05, 4.69) is 222 Å². The summed E-state index contributed by atoms with van der Waals surface area (Å²) >= 11 is 3.46. The fourth-order valence-electron chi connectivity index (χ4n) is 7.76. The van der Waals surface area contributed by atoms with E-state index in [0.717, 1.165) is 4.47 Å². The maximum Gasteiger partial charge on any atom is 0.0181 e. The first-order chi connectivity index (χ1) is 27.2. The van der Waals surface area contributed by atoms with Crippen LogP contribution < -0.4 is 0 Å². The van der Waals surface area contributed by atoms with Gasteiger partial charge in [0.15, 0.2) is 0 Å². The van der Waals surface area contributed by atoms with Crippen molar-refractivity contribution >= 4 is 48.2 Å². The quantitative estimate of drug-likeness (QED) is 0.153. The number of hydrogen-bond donors (Lipinski definition) is 0. The topological polar surface area (TPSA) is 0 Å². The molecule has 0 spiro atoms. The SMILES string of the molecule is Brc1cccc(-c2ccccc2)c1.c1ccc(-c2cccc(-c3cccc(-c4c5ccccc5c(-c5ccc6ccccc6c5)c5ccccc45)c3)c2)cc1. The third-order valence-electron chi connectivity index (χ3n) is 10.4. The molecule has 0 aromatic heterocycles. The van der Waals surface area contributed by atoms with Crippen LogP contribution in [0.2, 0.25) is 0 Å². The minimum atomic E-state index is 1.12. The highest BCUT2D eigenvalue weighted by molar-refractivity contribution is 9.10. The average molecular weight is 766 g/mol. The zero-order chi connectivity index (χ0) is 37.0. The Labute approximate surface area is 331 Å². The zero-order valence-electron chi connectivity index (χ0n) is 30.2. The molecule has 55 heavy (non-hydrogen) atoms. The Morgan fingerprint density at radius 3 is 1.11 bits per heavy atom. The molecule has 0 aliphatic carbocycles. The molecule has 0 bridgehead atoms. The van der Waals surface area contributed by atoms with Crippen molar-refractivity contribution in [3.8, 4) is 55.6 Å². The Bertz CT molecular complexity index is 2870. The Kier molecular flexibility index (Phi) is 9.61. The van der Waals surface area contributed by atoms with E-state index in [0.29, 0.717) is 0 Å². The number of rotatable bonds is 5. The molecule has 10 aromatic carbocycles. The summed E-state index contributed by atoms with van der Waals surface area (Å²) in [5.41, 5.74) is 12.5. The van der Waals surface area contributed by atoms with Gasteiger partial charge in [0.05, 0.1) is 0 Å². The Morgan fingerprint density at radius 1 is 0.218 bits per heavy atom. The van der Waals surface area contributed by atoms with Crippen LogP contribution in [0.25, 0.3) is 88.0 Å². The predicted molar refractivity (Wildman–Crippen MR) is 240 cm³/mol. The van der Waals surface area contributed by atoms with Gasteiger partial charge in [-0.2, -0.15) is 0 Å². The van der Waals surface area contributed by atoms with Crippen LogP contribution >= 0.6 is 15.9 Å². The second kappa shape index (κ2) is 15.4. The summed E-state index contributed by atoms with van der Waals surface area (Å²) in [5, 5.41) is 7.62. The molecular formula is C54H37Br. The molecule has 260 valence electrons. The second-order valence-corrected chi connectivity index (χ2v) is 14.7. The number of hydrogen-bond acceptors (Lipinski definition) is 0. The van der Waals surface area contributed by atoms with Gasteiger partial charge in [-0.15, -0.1) is 0 Å². The summed E-state index contributed by atoms with van der Waals surface area (Å²) in [5.74, 6) is 0. The highest BCUT2D eigenvalue weighted by Crippen LogP contribution is 2.44. The normalized spacial score (nSPS) is 11.0. The van der Waals surface area contributed by atoms with Gasteiger partial charge in [-0.3, -0.25) is 0 Å². The Balaban J connectivity index is 0.000000258. The lowest BCUT2D eigenvalue weighted by Gasteiger charge is -2.18. The molecule has 0 heterocycles.